The summed E-state index contributed by atoms with van der Waals surface area (Å²) < 4.78 is 0. The first-order valence-corrected chi connectivity index (χ1v) is 5.61. The van der Waals surface area contributed by atoms with Gasteiger partial charge in [0, 0.05) is 29.4 Å². The molecule has 0 aliphatic rings. The third-order valence-electron chi connectivity index (χ3n) is 2.20. The smallest absolute Gasteiger partial charge is 0.0853 e. The fourth-order valence-corrected chi connectivity index (χ4v) is 1.96. The number of nitrogens with zero attached hydrogens (tertiary/aromatic N) is 2. The van der Waals surface area contributed by atoms with Crippen molar-refractivity contribution in [1.82, 2.24) is 9.97 Å². The lowest BCUT2D eigenvalue weighted by molar-refractivity contribution is 0.179. The molecule has 1 unspecified atom stereocenters. The molecule has 2 rings (SSSR count). The Morgan fingerprint density at radius 2 is 2.27 bits per heavy atom. The third-order valence-corrected chi connectivity index (χ3v) is 3.00. The summed E-state index contributed by atoms with van der Waals surface area (Å²) >= 11 is 1.56. The molecule has 1 N–H and O–H groups in total. The fraction of sp³-hybridized carbons (Fsp3) is 0.273. The third kappa shape index (κ3) is 2.61. The number of rotatable bonds is 3. The Balaban J connectivity index is 2.08. The van der Waals surface area contributed by atoms with E-state index >= 15 is 0 Å². The highest BCUT2D eigenvalue weighted by Crippen LogP contribution is 2.19. The molecule has 0 aromatic carbocycles. The fourth-order valence-electron chi connectivity index (χ4n) is 1.33. The highest BCUT2D eigenvalue weighted by atomic mass is 32.1. The summed E-state index contributed by atoms with van der Waals surface area (Å²) in [5.74, 6) is 0. The second-order valence-electron chi connectivity index (χ2n) is 3.42. The minimum absolute atomic E-state index is 0.487. The first-order valence-electron chi connectivity index (χ1n) is 4.73. The molecule has 0 radical (unpaired) electrons. The lowest BCUT2D eigenvalue weighted by atomic mass is 10.1. The van der Waals surface area contributed by atoms with E-state index in [2.05, 4.69) is 9.97 Å². The predicted octanol–water partition coefficient (Wildman–Crippen LogP) is 2.12. The van der Waals surface area contributed by atoms with Gasteiger partial charge in [0.05, 0.1) is 11.6 Å². The summed E-state index contributed by atoms with van der Waals surface area (Å²) in [6.45, 7) is 1.93. The first-order chi connectivity index (χ1) is 7.25. The summed E-state index contributed by atoms with van der Waals surface area (Å²) in [4.78, 5) is 9.22. The lowest BCUT2D eigenvalue weighted by Crippen LogP contribution is -2.01. The Bertz CT molecular complexity index is 411. The van der Waals surface area contributed by atoms with Crippen LogP contribution < -0.4 is 0 Å². The van der Waals surface area contributed by atoms with Crippen molar-refractivity contribution >= 4 is 11.3 Å². The van der Waals surface area contributed by atoms with Crippen molar-refractivity contribution in [2.75, 3.05) is 0 Å². The van der Waals surface area contributed by atoms with Crippen molar-refractivity contribution in [3.63, 3.8) is 0 Å². The molecule has 0 aliphatic carbocycles. The Labute approximate surface area is 92.5 Å². The van der Waals surface area contributed by atoms with Gasteiger partial charge in [-0.15, -0.1) is 11.3 Å². The van der Waals surface area contributed by atoms with E-state index in [1.807, 2.05) is 19.1 Å². The van der Waals surface area contributed by atoms with Crippen molar-refractivity contribution in [3.8, 4) is 0 Å². The summed E-state index contributed by atoms with van der Waals surface area (Å²) in [6.07, 6.45) is 3.63. The van der Waals surface area contributed by atoms with Gasteiger partial charge < -0.3 is 5.11 Å². The summed E-state index contributed by atoms with van der Waals surface area (Å²) in [5, 5.41) is 9.92. The highest BCUT2D eigenvalue weighted by Gasteiger charge is 2.09. The minimum atomic E-state index is -0.487. The van der Waals surface area contributed by atoms with Gasteiger partial charge in [0.25, 0.3) is 0 Å². The molecule has 3 nitrogen and oxygen atoms in total. The van der Waals surface area contributed by atoms with Crippen LogP contribution in [0.2, 0.25) is 0 Å². The van der Waals surface area contributed by atoms with Crippen LogP contribution in [0.15, 0.2) is 30.0 Å². The van der Waals surface area contributed by atoms with Crippen molar-refractivity contribution in [3.05, 3.63) is 46.2 Å². The van der Waals surface area contributed by atoms with Gasteiger partial charge in [-0.2, -0.15) is 0 Å². The molecule has 0 spiro atoms. The molecular formula is C11H12N2OS. The Morgan fingerprint density at radius 1 is 1.40 bits per heavy atom. The molecule has 0 bridgehead atoms. The van der Waals surface area contributed by atoms with E-state index < -0.39 is 6.10 Å². The maximum Gasteiger partial charge on any atom is 0.0853 e. The molecule has 2 aromatic rings. The number of hydrogen-bond acceptors (Lipinski definition) is 4. The van der Waals surface area contributed by atoms with Gasteiger partial charge in [0.2, 0.25) is 0 Å². The van der Waals surface area contributed by atoms with Crippen molar-refractivity contribution in [2.24, 2.45) is 0 Å². The minimum Gasteiger partial charge on any atom is -0.388 e. The van der Waals surface area contributed by atoms with Gasteiger partial charge in [-0.3, -0.25) is 9.97 Å². The van der Waals surface area contributed by atoms with Crippen LogP contribution in [0, 0.1) is 6.92 Å². The molecular weight excluding hydrogens is 208 g/mol. The molecule has 78 valence electrons. The number of aliphatic hydroxyl groups excluding tert-OH is 1. The van der Waals surface area contributed by atoms with E-state index in [1.165, 1.54) is 0 Å². The molecule has 2 aromatic heterocycles. The zero-order valence-electron chi connectivity index (χ0n) is 8.42. The van der Waals surface area contributed by atoms with Gasteiger partial charge in [-0.05, 0) is 18.6 Å². The largest absolute Gasteiger partial charge is 0.388 e. The highest BCUT2D eigenvalue weighted by molar-refractivity contribution is 7.09. The summed E-state index contributed by atoms with van der Waals surface area (Å²) in [5.41, 5.74) is 3.59. The topological polar surface area (TPSA) is 46.0 Å². The zero-order chi connectivity index (χ0) is 10.7. The van der Waals surface area contributed by atoms with E-state index in [0.717, 1.165) is 16.1 Å². The Morgan fingerprint density at radius 3 is 2.87 bits per heavy atom. The number of aromatic nitrogens is 2. The number of aryl methyl sites for hydroxylation is 1. The average molecular weight is 220 g/mol. The predicted molar refractivity (Wildman–Crippen MR) is 59.8 cm³/mol. The molecule has 0 amide bonds. The van der Waals surface area contributed by atoms with Gasteiger partial charge in [-0.25, -0.2) is 0 Å². The standard InChI is InChI=1S/C11H12N2OS/c1-8-2-3-9(5-13-8)11(14)4-10-6-12-7-15-10/h2-3,5-7,11,14H,4H2,1H3. The molecule has 1 atom stereocenters. The van der Waals surface area contributed by atoms with Crippen LogP contribution in [0.3, 0.4) is 0 Å². The average Bonchev–Trinajstić information content (AvgIpc) is 2.71. The van der Waals surface area contributed by atoms with Gasteiger partial charge in [-0.1, -0.05) is 6.07 Å². The van der Waals surface area contributed by atoms with Crippen LogP contribution in [-0.2, 0) is 6.42 Å². The van der Waals surface area contributed by atoms with Crippen LogP contribution in [0.1, 0.15) is 22.2 Å². The van der Waals surface area contributed by atoms with E-state index in [4.69, 9.17) is 0 Å². The van der Waals surface area contributed by atoms with Crippen LogP contribution in [-0.4, -0.2) is 15.1 Å². The Kier molecular flexibility index (Phi) is 3.08. The maximum absolute atomic E-state index is 9.92. The monoisotopic (exact) mass is 220 g/mol. The van der Waals surface area contributed by atoms with E-state index in [0.29, 0.717) is 6.42 Å². The van der Waals surface area contributed by atoms with Crippen molar-refractivity contribution in [2.45, 2.75) is 19.4 Å². The quantitative estimate of drug-likeness (QED) is 0.861. The molecule has 0 aliphatic heterocycles. The normalized spacial score (nSPS) is 12.7. The summed E-state index contributed by atoms with van der Waals surface area (Å²) in [6, 6.07) is 3.82. The molecule has 2 heterocycles. The second kappa shape index (κ2) is 4.51. The van der Waals surface area contributed by atoms with E-state index in [9.17, 15) is 5.11 Å². The number of aliphatic hydroxyl groups is 1. The zero-order valence-corrected chi connectivity index (χ0v) is 9.24. The van der Waals surface area contributed by atoms with Gasteiger partial charge in [0.1, 0.15) is 0 Å². The van der Waals surface area contributed by atoms with Crippen molar-refractivity contribution in [1.29, 1.82) is 0 Å². The summed E-state index contributed by atoms with van der Waals surface area (Å²) in [7, 11) is 0. The van der Waals surface area contributed by atoms with Crippen molar-refractivity contribution < 1.29 is 5.11 Å². The number of thiazole rings is 1. The molecule has 0 saturated heterocycles. The lowest BCUT2D eigenvalue weighted by Gasteiger charge is -2.08. The van der Waals surface area contributed by atoms with Crippen LogP contribution in [0.4, 0.5) is 0 Å². The molecule has 4 heteroatoms. The molecule has 15 heavy (non-hydrogen) atoms. The first kappa shape index (κ1) is 10.3. The maximum atomic E-state index is 9.92. The molecule has 0 fully saturated rings. The number of hydrogen-bond donors (Lipinski definition) is 1. The van der Waals surface area contributed by atoms with E-state index in [1.54, 1.807) is 29.2 Å². The van der Waals surface area contributed by atoms with Gasteiger partial charge in [0.15, 0.2) is 0 Å². The van der Waals surface area contributed by atoms with Gasteiger partial charge >= 0.3 is 0 Å². The van der Waals surface area contributed by atoms with Crippen LogP contribution in [0.5, 0.6) is 0 Å². The Hall–Kier alpha value is -1.26. The van der Waals surface area contributed by atoms with Crippen LogP contribution >= 0.6 is 11.3 Å². The number of pyridine rings is 1. The van der Waals surface area contributed by atoms with Crippen LogP contribution in [0.25, 0.3) is 0 Å². The second-order valence-corrected chi connectivity index (χ2v) is 4.39. The SMILES string of the molecule is Cc1ccc(C(O)Cc2cncs2)cn1. The molecule has 0 saturated carbocycles. The van der Waals surface area contributed by atoms with E-state index in [-0.39, 0.29) is 0 Å².